The van der Waals surface area contributed by atoms with Crippen LogP contribution in [0.2, 0.25) is 0 Å². The zero-order valence-electron chi connectivity index (χ0n) is 34.8. The molecule has 2 heterocycles. The molecule has 0 amide bonds. The van der Waals surface area contributed by atoms with Gasteiger partial charge in [-0.05, 0) is 130 Å². The molecule has 10 aromatic carbocycles. The fourth-order valence-corrected chi connectivity index (χ4v) is 10.3. The first-order chi connectivity index (χ1) is 31.7. The molecule has 0 N–H and O–H groups in total. The number of fused-ring (bicyclic) bond motifs is 6. The standard InChI is InChI=1S/C60H40N2OS/c1-4-14-41(15-5-1)44-18-12-22-49(36-44)61(47-20-8-3-9-21-47)51-32-35-57-56(39-51)53-33-28-46(38-58(53)63-57)43-26-29-48(30-27-43)62(50-23-13-19-45(37-50)42-16-6-2-7-17-42)52-31-34-55-54-24-10-11-25-59(54)64-60(55)40-52/h1-40H. The fraction of sp³-hybridized carbons (Fsp3) is 0. The summed E-state index contributed by atoms with van der Waals surface area (Å²) in [7, 11) is 0. The summed E-state index contributed by atoms with van der Waals surface area (Å²) >= 11 is 1.85. The quantitative estimate of drug-likeness (QED) is 0.144. The highest BCUT2D eigenvalue weighted by Gasteiger charge is 2.19. The first-order valence-electron chi connectivity index (χ1n) is 21.6. The smallest absolute Gasteiger partial charge is 0.136 e. The molecule has 0 aliphatic heterocycles. The van der Waals surface area contributed by atoms with Gasteiger partial charge in [0.15, 0.2) is 0 Å². The predicted octanol–water partition coefficient (Wildman–Crippen LogP) is 17.9. The number of thiophene rings is 1. The highest BCUT2D eigenvalue weighted by atomic mass is 32.1. The lowest BCUT2D eigenvalue weighted by atomic mass is 10.0. The Morgan fingerprint density at radius 2 is 0.703 bits per heavy atom. The molecule has 0 bridgehead atoms. The fourth-order valence-electron chi connectivity index (χ4n) is 9.12. The molecule has 0 aliphatic carbocycles. The van der Waals surface area contributed by atoms with Crippen LogP contribution in [0.5, 0.6) is 0 Å². The molecule has 2 aromatic heterocycles. The van der Waals surface area contributed by atoms with Crippen molar-refractivity contribution in [2.75, 3.05) is 9.80 Å². The average molecular weight is 837 g/mol. The summed E-state index contributed by atoms with van der Waals surface area (Å²) in [5.74, 6) is 0. The summed E-state index contributed by atoms with van der Waals surface area (Å²) in [5, 5.41) is 4.76. The van der Waals surface area contributed by atoms with E-state index in [9.17, 15) is 0 Å². The van der Waals surface area contributed by atoms with Gasteiger partial charge < -0.3 is 14.2 Å². The summed E-state index contributed by atoms with van der Waals surface area (Å²) in [6.07, 6.45) is 0. The molecule has 0 saturated heterocycles. The van der Waals surface area contributed by atoms with Crippen LogP contribution in [0, 0.1) is 0 Å². The molecule has 0 unspecified atom stereocenters. The van der Waals surface area contributed by atoms with Crippen LogP contribution in [0.1, 0.15) is 0 Å². The van der Waals surface area contributed by atoms with Crippen LogP contribution in [0.25, 0.3) is 75.5 Å². The predicted molar refractivity (Wildman–Crippen MR) is 272 cm³/mol. The Balaban J connectivity index is 0.905. The number of hydrogen-bond acceptors (Lipinski definition) is 4. The van der Waals surface area contributed by atoms with Crippen LogP contribution in [-0.4, -0.2) is 0 Å². The number of benzene rings is 10. The Hall–Kier alpha value is -8.18. The summed E-state index contributed by atoms with van der Waals surface area (Å²) in [5.41, 5.74) is 15.2. The molecule has 0 spiro atoms. The van der Waals surface area contributed by atoms with Gasteiger partial charge in [0.05, 0.1) is 0 Å². The molecule has 0 radical (unpaired) electrons. The summed E-state index contributed by atoms with van der Waals surface area (Å²) in [4.78, 5) is 4.69. The lowest BCUT2D eigenvalue weighted by molar-refractivity contribution is 0.669. The molecule has 0 atom stereocenters. The van der Waals surface area contributed by atoms with Gasteiger partial charge in [0.1, 0.15) is 11.2 Å². The van der Waals surface area contributed by atoms with E-state index in [0.717, 1.165) is 67.2 Å². The maximum Gasteiger partial charge on any atom is 0.136 e. The maximum atomic E-state index is 6.59. The SMILES string of the molecule is c1ccc(-c2cccc(N(c3ccc(-c4ccc5c(c4)oc4ccc(N(c6ccccc6)c6cccc(-c7ccccc7)c6)cc45)cc3)c3ccc4c(c3)sc3ccccc34)c2)cc1. The highest BCUT2D eigenvalue weighted by Crippen LogP contribution is 2.43. The van der Waals surface area contributed by atoms with E-state index in [1.165, 1.54) is 42.4 Å². The van der Waals surface area contributed by atoms with Gasteiger partial charge in [0.2, 0.25) is 0 Å². The highest BCUT2D eigenvalue weighted by molar-refractivity contribution is 7.25. The van der Waals surface area contributed by atoms with Crippen molar-refractivity contribution in [2.45, 2.75) is 0 Å². The van der Waals surface area contributed by atoms with Crippen molar-refractivity contribution in [1.29, 1.82) is 0 Å². The Kier molecular flexibility index (Phi) is 9.36. The van der Waals surface area contributed by atoms with E-state index in [0.29, 0.717) is 0 Å². The lowest BCUT2D eigenvalue weighted by Gasteiger charge is -2.26. The molecule has 12 aromatic rings. The third-order valence-electron chi connectivity index (χ3n) is 12.2. The van der Waals surface area contributed by atoms with E-state index >= 15 is 0 Å². The number of para-hydroxylation sites is 1. The molecular weight excluding hydrogens is 797 g/mol. The minimum absolute atomic E-state index is 0.862. The third kappa shape index (κ3) is 6.87. The van der Waals surface area contributed by atoms with Crippen molar-refractivity contribution in [3.8, 4) is 33.4 Å². The van der Waals surface area contributed by atoms with Crippen molar-refractivity contribution in [1.82, 2.24) is 0 Å². The van der Waals surface area contributed by atoms with Gasteiger partial charge in [0.25, 0.3) is 0 Å². The van der Waals surface area contributed by atoms with Gasteiger partial charge >= 0.3 is 0 Å². The van der Waals surface area contributed by atoms with Crippen molar-refractivity contribution >= 4 is 87.6 Å². The van der Waals surface area contributed by atoms with E-state index in [1.54, 1.807) is 0 Å². The lowest BCUT2D eigenvalue weighted by Crippen LogP contribution is -2.09. The molecule has 12 rings (SSSR count). The molecule has 0 saturated carbocycles. The number of hydrogen-bond donors (Lipinski definition) is 0. The van der Waals surface area contributed by atoms with Gasteiger partial charge in [-0.15, -0.1) is 11.3 Å². The average Bonchev–Trinajstić information content (AvgIpc) is 3.93. The van der Waals surface area contributed by atoms with E-state index in [2.05, 4.69) is 252 Å². The van der Waals surface area contributed by atoms with Crippen LogP contribution in [0.3, 0.4) is 0 Å². The molecule has 0 aliphatic rings. The van der Waals surface area contributed by atoms with Crippen LogP contribution in [-0.2, 0) is 0 Å². The summed E-state index contributed by atoms with van der Waals surface area (Å²) < 4.78 is 9.17. The van der Waals surface area contributed by atoms with E-state index in [-0.39, 0.29) is 0 Å². The Morgan fingerprint density at radius 3 is 1.39 bits per heavy atom. The van der Waals surface area contributed by atoms with Crippen LogP contribution in [0.4, 0.5) is 34.1 Å². The number of rotatable bonds is 9. The van der Waals surface area contributed by atoms with E-state index in [1.807, 2.05) is 11.3 Å². The molecule has 0 fully saturated rings. The van der Waals surface area contributed by atoms with Gasteiger partial charge in [0, 0.05) is 65.1 Å². The minimum Gasteiger partial charge on any atom is -0.456 e. The maximum absolute atomic E-state index is 6.59. The second-order valence-corrected chi connectivity index (χ2v) is 17.2. The van der Waals surface area contributed by atoms with Gasteiger partial charge in [-0.1, -0.05) is 146 Å². The van der Waals surface area contributed by atoms with Crippen LogP contribution >= 0.6 is 11.3 Å². The summed E-state index contributed by atoms with van der Waals surface area (Å²) in [6, 6.07) is 86.9. The molecular formula is C60H40N2OS. The normalized spacial score (nSPS) is 11.4. The van der Waals surface area contributed by atoms with Crippen molar-refractivity contribution < 1.29 is 4.42 Å². The van der Waals surface area contributed by atoms with Gasteiger partial charge in [-0.3, -0.25) is 0 Å². The zero-order chi connectivity index (χ0) is 42.4. The molecule has 4 heteroatoms. The number of anilines is 6. The topological polar surface area (TPSA) is 19.6 Å². The molecule has 64 heavy (non-hydrogen) atoms. The largest absolute Gasteiger partial charge is 0.456 e. The van der Waals surface area contributed by atoms with Gasteiger partial charge in [-0.2, -0.15) is 0 Å². The van der Waals surface area contributed by atoms with Gasteiger partial charge in [-0.25, -0.2) is 0 Å². The third-order valence-corrected chi connectivity index (χ3v) is 13.4. The van der Waals surface area contributed by atoms with Crippen molar-refractivity contribution in [2.24, 2.45) is 0 Å². The minimum atomic E-state index is 0.862. The first kappa shape index (κ1) is 37.6. The zero-order valence-corrected chi connectivity index (χ0v) is 35.6. The van der Waals surface area contributed by atoms with E-state index < -0.39 is 0 Å². The monoisotopic (exact) mass is 836 g/mol. The van der Waals surface area contributed by atoms with E-state index in [4.69, 9.17) is 4.42 Å². The van der Waals surface area contributed by atoms with Crippen LogP contribution < -0.4 is 9.80 Å². The Morgan fingerprint density at radius 1 is 0.250 bits per heavy atom. The van der Waals surface area contributed by atoms with Crippen molar-refractivity contribution in [3.05, 3.63) is 243 Å². The Labute approximate surface area is 376 Å². The number of furan rings is 1. The Bertz CT molecular complexity index is 3610. The second-order valence-electron chi connectivity index (χ2n) is 16.2. The first-order valence-corrected chi connectivity index (χ1v) is 22.5. The van der Waals surface area contributed by atoms with Crippen molar-refractivity contribution in [3.63, 3.8) is 0 Å². The molecule has 302 valence electrons. The molecule has 3 nitrogen and oxygen atoms in total. The second kappa shape index (κ2) is 15.9. The number of nitrogens with zero attached hydrogens (tertiary/aromatic N) is 2. The van der Waals surface area contributed by atoms with Crippen LogP contribution in [0.15, 0.2) is 247 Å². The summed E-state index contributed by atoms with van der Waals surface area (Å²) in [6.45, 7) is 0.